The fourth-order valence-electron chi connectivity index (χ4n) is 4.14. The average Bonchev–Trinajstić information content (AvgIpc) is 3.26. The summed E-state index contributed by atoms with van der Waals surface area (Å²) in [5.74, 6) is -0.986. The van der Waals surface area contributed by atoms with Crippen molar-refractivity contribution in [1.82, 2.24) is 14.7 Å². The number of anilines is 1. The molecule has 1 saturated heterocycles. The van der Waals surface area contributed by atoms with Crippen LogP contribution in [0.3, 0.4) is 0 Å². The van der Waals surface area contributed by atoms with Crippen LogP contribution < -0.4 is 5.32 Å². The number of hydrogen-bond donors (Lipinski definition) is 1. The normalized spacial score (nSPS) is 14.6. The van der Waals surface area contributed by atoms with Crippen LogP contribution >= 0.6 is 15.9 Å². The maximum atomic E-state index is 14.4. The number of benzene rings is 2. The second-order valence-corrected chi connectivity index (χ2v) is 10.4. The van der Waals surface area contributed by atoms with Gasteiger partial charge in [-0.05, 0) is 63.9 Å². The van der Waals surface area contributed by atoms with Gasteiger partial charge in [0.2, 0.25) is 0 Å². The summed E-state index contributed by atoms with van der Waals surface area (Å²) < 4.78 is 22.2. The number of para-hydroxylation sites is 1. The van der Waals surface area contributed by atoms with E-state index in [4.69, 9.17) is 4.74 Å². The van der Waals surface area contributed by atoms with E-state index in [-0.39, 0.29) is 17.7 Å². The van der Waals surface area contributed by atoms with Crippen molar-refractivity contribution >= 4 is 33.6 Å². The Bertz CT molecular complexity index is 1220. The number of carbonyl (C=O) groups is 2. The van der Waals surface area contributed by atoms with Gasteiger partial charge in [-0.15, -0.1) is 0 Å². The zero-order valence-electron chi connectivity index (χ0n) is 19.9. The van der Waals surface area contributed by atoms with E-state index in [1.54, 1.807) is 15.6 Å². The van der Waals surface area contributed by atoms with E-state index < -0.39 is 17.3 Å². The first-order chi connectivity index (χ1) is 16.6. The summed E-state index contributed by atoms with van der Waals surface area (Å²) in [4.78, 5) is 27.5. The first kappa shape index (κ1) is 24.9. The number of amides is 2. The minimum Gasteiger partial charge on any atom is -0.444 e. The number of aromatic nitrogens is 2. The molecule has 0 saturated carbocycles. The van der Waals surface area contributed by atoms with Crippen LogP contribution in [-0.2, 0) is 4.74 Å². The number of piperidine rings is 1. The molecule has 7 nitrogen and oxygen atoms in total. The fourth-order valence-corrected chi connectivity index (χ4v) is 4.48. The lowest BCUT2D eigenvalue weighted by Gasteiger charge is -2.34. The molecule has 1 aromatic heterocycles. The number of hydrogen-bond acceptors (Lipinski definition) is 4. The van der Waals surface area contributed by atoms with Gasteiger partial charge in [0, 0.05) is 23.5 Å². The van der Waals surface area contributed by atoms with Gasteiger partial charge in [-0.3, -0.25) is 4.79 Å². The van der Waals surface area contributed by atoms with Gasteiger partial charge in [0.15, 0.2) is 0 Å². The molecule has 2 heterocycles. The molecule has 35 heavy (non-hydrogen) atoms. The molecular weight excluding hydrogens is 515 g/mol. The first-order valence-corrected chi connectivity index (χ1v) is 12.3. The van der Waals surface area contributed by atoms with Crippen molar-refractivity contribution in [3.63, 3.8) is 0 Å². The fraction of sp³-hybridized carbons (Fsp3) is 0.346. The molecule has 0 unspecified atom stereocenters. The predicted molar refractivity (Wildman–Crippen MR) is 135 cm³/mol. The number of halogens is 2. The second kappa shape index (κ2) is 10.2. The summed E-state index contributed by atoms with van der Waals surface area (Å²) in [6, 6.07) is 14.0. The maximum absolute atomic E-state index is 14.4. The highest BCUT2D eigenvalue weighted by molar-refractivity contribution is 9.10. The van der Waals surface area contributed by atoms with Gasteiger partial charge in [-0.25, -0.2) is 13.9 Å². The van der Waals surface area contributed by atoms with Crippen LogP contribution in [0.5, 0.6) is 0 Å². The number of rotatable bonds is 4. The highest BCUT2D eigenvalue weighted by Gasteiger charge is 2.32. The quantitative estimate of drug-likeness (QED) is 0.429. The molecule has 1 fully saturated rings. The van der Waals surface area contributed by atoms with Crippen LogP contribution in [-0.4, -0.2) is 45.4 Å². The molecule has 0 aliphatic carbocycles. The van der Waals surface area contributed by atoms with E-state index in [2.05, 4.69) is 26.3 Å². The highest BCUT2D eigenvalue weighted by Crippen LogP contribution is 2.33. The molecular formula is C26H28BrFN4O3. The van der Waals surface area contributed by atoms with Crippen LogP contribution in [0.2, 0.25) is 0 Å². The summed E-state index contributed by atoms with van der Waals surface area (Å²) in [5.41, 5.74) is 1.48. The Morgan fingerprint density at radius 2 is 1.80 bits per heavy atom. The van der Waals surface area contributed by atoms with Crippen LogP contribution in [0.1, 0.15) is 55.6 Å². The Hall–Kier alpha value is -3.20. The lowest BCUT2D eigenvalue weighted by molar-refractivity contribution is 0.0203. The first-order valence-electron chi connectivity index (χ1n) is 11.5. The van der Waals surface area contributed by atoms with Gasteiger partial charge in [0.1, 0.15) is 11.4 Å². The third-order valence-corrected chi connectivity index (χ3v) is 6.26. The largest absolute Gasteiger partial charge is 0.444 e. The predicted octanol–water partition coefficient (Wildman–Crippen LogP) is 6.14. The zero-order valence-corrected chi connectivity index (χ0v) is 21.5. The van der Waals surface area contributed by atoms with Crippen molar-refractivity contribution in [3.8, 4) is 5.69 Å². The molecule has 1 aliphatic heterocycles. The topological polar surface area (TPSA) is 76.5 Å². The van der Waals surface area contributed by atoms with Crippen molar-refractivity contribution in [2.24, 2.45) is 0 Å². The lowest BCUT2D eigenvalue weighted by atomic mass is 9.90. The van der Waals surface area contributed by atoms with E-state index in [9.17, 15) is 14.0 Å². The molecule has 184 valence electrons. The number of ether oxygens (including phenoxy) is 1. The smallest absolute Gasteiger partial charge is 0.410 e. The molecule has 4 rings (SSSR count). The van der Waals surface area contributed by atoms with Crippen molar-refractivity contribution in [1.29, 1.82) is 0 Å². The Kier molecular flexibility index (Phi) is 7.25. The molecule has 0 radical (unpaired) electrons. The van der Waals surface area contributed by atoms with Crippen molar-refractivity contribution in [3.05, 3.63) is 76.3 Å². The van der Waals surface area contributed by atoms with Crippen LogP contribution in [0.25, 0.3) is 5.69 Å². The monoisotopic (exact) mass is 542 g/mol. The summed E-state index contributed by atoms with van der Waals surface area (Å²) in [6.45, 7) is 6.53. The van der Waals surface area contributed by atoms with Gasteiger partial charge in [0.05, 0.1) is 28.8 Å². The minimum atomic E-state index is -0.562. The average molecular weight is 543 g/mol. The number of likely N-dealkylation sites (tertiary alicyclic amines) is 1. The van der Waals surface area contributed by atoms with E-state index >= 15 is 0 Å². The Morgan fingerprint density at radius 3 is 2.43 bits per heavy atom. The molecule has 2 aromatic carbocycles. The summed E-state index contributed by atoms with van der Waals surface area (Å²) >= 11 is 3.23. The molecule has 2 amide bonds. The summed E-state index contributed by atoms with van der Waals surface area (Å²) in [7, 11) is 0. The Balaban J connectivity index is 1.61. The van der Waals surface area contributed by atoms with E-state index in [0.29, 0.717) is 36.0 Å². The summed E-state index contributed by atoms with van der Waals surface area (Å²) in [6.07, 6.45) is 2.47. The van der Waals surface area contributed by atoms with Gasteiger partial charge >= 0.3 is 6.09 Å². The van der Waals surface area contributed by atoms with Gasteiger partial charge in [0.25, 0.3) is 5.91 Å². The zero-order chi connectivity index (χ0) is 25.2. The standard InChI is InChI=1S/C26H28BrFN4O3/c1-26(2,3)35-25(34)31-13-11-17(12-14-31)23-20(16-29-32(23)19-7-5-4-6-8-19)24(33)30-22-10-9-18(27)15-21(22)28/h4-10,15-17H,11-14H2,1-3H3,(H,30,33). The molecule has 3 aromatic rings. The highest BCUT2D eigenvalue weighted by atomic mass is 79.9. The molecule has 1 aliphatic rings. The van der Waals surface area contributed by atoms with Crippen LogP contribution in [0, 0.1) is 5.82 Å². The SMILES string of the molecule is CC(C)(C)OC(=O)N1CCC(c2c(C(=O)Nc3ccc(Br)cc3F)cnn2-c2ccccc2)CC1. The van der Waals surface area contributed by atoms with Crippen molar-refractivity contribution in [2.45, 2.75) is 45.1 Å². The molecule has 0 spiro atoms. The van der Waals surface area contributed by atoms with Crippen LogP contribution in [0.15, 0.2) is 59.2 Å². The third-order valence-electron chi connectivity index (χ3n) is 5.76. The van der Waals surface area contributed by atoms with Crippen LogP contribution in [0.4, 0.5) is 14.9 Å². The lowest BCUT2D eigenvalue weighted by Crippen LogP contribution is -2.41. The van der Waals surface area contributed by atoms with Gasteiger partial charge in [-0.1, -0.05) is 34.1 Å². The van der Waals surface area contributed by atoms with Crippen molar-refractivity contribution in [2.75, 3.05) is 18.4 Å². The van der Waals surface area contributed by atoms with E-state index in [0.717, 1.165) is 11.4 Å². The number of nitrogens with zero attached hydrogens (tertiary/aromatic N) is 3. The third kappa shape index (κ3) is 5.90. The molecule has 0 bridgehead atoms. The van der Waals surface area contributed by atoms with Gasteiger partial charge < -0.3 is 15.0 Å². The second-order valence-electron chi connectivity index (χ2n) is 9.51. The molecule has 9 heteroatoms. The summed E-state index contributed by atoms with van der Waals surface area (Å²) in [5, 5.41) is 7.19. The van der Waals surface area contributed by atoms with E-state index in [1.165, 1.54) is 18.3 Å². The molecule has 1 N–H and O–H groups in total. The molecule has 0 atom stereocenters. The number of nitrogens with one attached hydrogen (secondary N) is 1. The maximum Gasteiger partial charge on any atom is 0.410 e. The Labute approximate surface area is 212 Å². The van der Waals surface area contributed by atoms with Crippen molar-refractivity contribution < 1.29 is 18.7 Å². The Morgan fingerprint density at radius 1 is 1.11 bits per heavy atom. The van der Waals surface area contributed by atoms with Gasteiger partial charge in [-0.2, -0.15) is 5.10 Å². The number of carbonyl (C=O) groups excluding carboxylic acids is 2. The minimum absolute atomic E-state index is 0.0214. The van der Waals surface area contributed by atoms with E-state index in [1.807, 2.05) is 51.1 Å².